The van der Waals surface area contributed by atoms with Crippen LogP contribution in [0.15, 0.2) is 16.7 Å². The maximum absolute atomic E-state index is 12.7. The molecule has 0 bridgehead atoms. The number of nitrogens with one attached hydrogen (secondary N) is 1. The van der Waals surface area contributed by atoms with Crippen LogP contribution in [0.2, 0.25) is 0 Å². The third-order valence-electron chi connectivity index (χ3n) is 4.45. The molecule has 0 aliphatic heterocycles. The third-order valence-corrected chi connectivity index (χ3v) is 4.45. The van der Waals surface area contributed by atoms with Crippen LogP contribution in [-0.4, -0.2) is 32.4 Å². The van der Waals surface area contributed by atoms with Crippen LogP contribution in [-0.2, 0) is 12.8 Å². The van der Waals surface area contributed by atoms with Gasteiger partial charge >= 0.3 is 0 Å². The molecule has 1 aromatic carbocycles. The fourth-order valence-electron chi connectivity index (χ4n) is 3.07. The second-order valence-electron chi connectivity index (χ2n) is 6.15. The summed E-state index contributed by atoms with van der Waals surface area (Å²) in [6.07, 6.45) is 2.81. The predicted molar refractivity (Wildman–Crippen MR) is 91.7 cm³/mol. The van der Waals surface area contributed by atoms with Crippen LogP contribution in [0.25, 0.3) is 0 Å². The second kappa shape index (κ2) is 7.04. The van der Waals surface area contributed by atoms with Gasteiger partial charge in [-0.2, -0.15) is 0 Å². The molecule has 1 amide bonds. The van der Waals surface area contributed by atoms with Gasteiger partial charge in [0.25, 0.3) is 5.91 Å². The highest BCUT2D eigenvalue weighted by atomic mass is 16.5. The lowest BCUT2D eigenvalue weighted by molar-refractivity contribution is 0.102. The van der Waals surface area contributed by atoms with Crippen LogP contribution in [0.4, 0.5) is 5.88 Å². The van der Waals surface area contributed by atoms with Crippen molar-refractivity contribution in [3.63, 3.8) is 0 Å². The number of aryl methyl sites for hydroxylation is 1. The number of amides is 1. The summed E-state index contributed by atoms with van der Waals surface area (Å²) >= 11 is 0. The Morgan fingerprint density at radius 2 is 1.88 bits per heavy atom. The maximum atomic E-state index is 12.7. The highest BCUT2D eigenvalue weighted by Crippen LogP contribution is 2.38. The van der Waals surface area contributed by atoms with Gasteiger partial charge in [0.15, 0.2) is 11.5 Å². The second-order valence-corrected chi connectivity index (χ2v) is 6.15. The summed E-state index contributed by atoms with van der Waals surface area (Å²) in [5.41, 5.74) is 2.29. The van der Waals surface area contributed by atoms with Gasteiger partial charge in [-0.3, -0.25) is 10.1 Å². The molecule has 0 saturated carbocycles. The number of benzene rings is 1. The van der Waals surface area contributed by atoms with E-state index in [-0.39, 0.29) is 5.91 Å². The van der Waals surface area contributed by atoms with Gasteiger partial charge in [0, 0.05) is 11.1 Å². The first-order valence-electron chi connectivity index (χ1n) is 8.16. The van der Waals surface area contributed by atoms with Crippen molar-refractivity contribution >= 4 is 11.8 Å². The molecule has 134 valence electrons. The van der Waals surface area contributed by atoms with E-state index < -0.39 is 0 Å². The number of nitrogens with zero attached hydrogens (tertiary/aromatic N) is 1. The summed E-state index contributed by atoms with van der Waals surface area (Å²) in [5, 5.41) is 6.88. The molecular formula is C18H22N2O5. The largest absolute Gasteiger partial charge is 0.493 e. The van der Waals surface area contributed by atoms with Crippen LogP contribution in [0.5, 0.6) is 17.2 Å². The summed E-state index contributed by atoms with van der Waals surface area (Å²) in [6, 6.07) is 3.20. The van der Waals surface area contributed by atoms with E-state index in [9.17, 15) is 4.79 Å². The van der Waals surface area contributed by atoms with Crippen LogP contribution in [0.1, 0.15) is 35.0 Å². The van der Waals surface area contributed by atoms with E-state index in [0.29, 0.717) is 34.6 Å². The number of anilines is 1. The first-order valence-corrected chi connectivity index (χ1v) is 8.16. The quantitative estimate of drug-likeness (QED) is 0.896. The number of rotatable bonds is 5. The molecule has 1 atom stereocenters. The SMILES string of the molecule is COc1cc(C(=O)Nc2onc3c2CC(C)CC3)cc(OC)c1OC. The highest BCUT2D eigenvalue weighted by molar-refractivity contribution is 6.04. The molecule has 7 heteroatoms. The predicted octanol–water partition coefficient (Wildman–Crippen LogP) is 3.08. The van der Waals surface area contributed by atoms with Gasteiger partial charge < -0.3 is 18.7 Å². The highest BCUT2D eigenvalue weighted by Gasteiger charge is 2.25. The average molecular weight is 346 g/mol. The topological polar surface area (TPSA) is 82.8 Å². The molecule has 1 N–H and O–H groups in total. The first-order chi connectivity index (χ1) is 12.1. The van der Waals surface area contributed by atoms with Gasteiger partial charge in [0.1, 0.15) is 0 Å². The van der Waals surface area contributed by atoms with Gasteiger partial charge in [0.2, 0.25) is 11.6 Å². The maximum Gasteiger partial charge on any atom is 0.258 e. The van der Waals surface area contributed by atoms with Gasteiger partial charge in [0.05, 0.1) is 27.0 Å². The Morgan fingerprint density at radius 3 is 2.48 bits per heavy atom. The number of hydrogen-bond acceptors (Lipinski definition) is 6. The lowest BCUT2D eigenvalue weighted by Crippen LogP contribution is -2.16. The number of carbonyl (C=O) groups excluding carboxylic acids is 1. The Hall–Kier alpha value is -2.70. The summed E-state index contributed by atoms with van der Waals surface area (Å²) in [5.74, 6) is 1.91. The van der Waals surface area contributed by atoms with Crippen molar-refractivity contribution in [2.24, 2.45) is 5.92 Å². The standard InChI is InChI=1S/C18H22N2O5/c1-10-5-6-13-12(7-10)18(25-20-13)19-17(21)11-8-14(22-2)16(24-4)15(9-11)23-3/h8-10H,5-7H2,1-4H3,(H,19,21). The van der Waals surface area contributed by atoms with Crippen LogP contribution in [0.3, 0.4) is 0 Å². The lowest BCUT2D eigenvalue weighted by Gasteiger charge is -2.17. The lowest BCUT2D eigenvalue weighted by atomic mass is 9.89. The number of aromatic nitrogens is 1. The van der Waals surface area contributed by atoms with E-state index in [4.69, 9.17) is 18.7 Å². The molecule has 0 saturated heterocycles. The zero-order valence-electron chi connectivity index (χ0n) is 14.8. The Kier molecular flexibility index (Phi) is 4.83. The smallest absolute Gasteiger partial charge is 0.258 e. The van der Waals surface area contributed by atoms with Crippen molar-refractivity contribution in [2.45, 2.75) is 26.2 Å². The molecule has 7 nitrogen and oxygen atoms in total. The molecule has 1 aliphatic rings. The van der Waals surface area contributed by atoms with E-state index in [1.54, 1.807) is 12.1 Å². The molecule has 0 radical (unpaired) electrons. The zero-order chi connectivity index (χ0) is 18.0. The minimum Gasteiger partial charge on any atom is -0.493 e. The van der Waals surface area contributed by atoms with Crippen LogP contribution >= 0.6 is 0 Å². The van der Waals surface area contributed by atoms with Gasteiger partial charge in [-0.1, -0.05) is 12.1 Å². The van der Waals surface area contributed by atoms with Crippen molar-refractivity contribution < 1.29 is 23.5 Å². The monoisotopic (exact) mass is 346 g/mol. The van der Waals surface area contributed by atoms with Crippen LogP contribution in [0, 0.1) is 5.92 Å². The number of methoxy groups -OCH3 is 3. The zero-order valence-corrected chi connectivity index (χ0v) is 14.8. The van der Waals surface area contributed by atoms with E-state index >= 15 is 0 Å². The average Bonchev–Trinajstić information content (AvgIpc) is 3.02. The molecule has 3 rings (SSSR count). The normalized spacial score (nSPS) is 16.1. The van der Waals surface area contributed by atoms with Crippen molar-refractivity contribution in [2.75, 3.05) is 26.6 Å². The molecule has 1 aliphatic carbocycles. The van der Waals surface area contributed by atoms with E-state index in [1.807, 2.05) is 0 Å². The number of hydrogen-bond donors (Lipinski definition) is 1. The van der Waals surface area contributed by atoms with E-state index in [1.165, 1.54) is 21.3 Å². The van der Waals surface area contributed by atoms with Crippen molar-refractivity contribution in [3.8, 4) is 17.2 Å². The fraction of sp³-hybridized carbons (Fsp3) is 0.444. The molecule has 1 unspecified atom stereocenters. The number of fused-ring (bicyclic) bond motifs is 1. The summed E-state index contributed by atoms with van der Waals surface area (Å²) < 4.78 is 21.2. The first kappa shape index (κ1) is 17.1. The third kappa shape index (κ3) is 3.26. The Labute approximate surface area is 146 Å². The summed E-state index contributed by atoms with van der Waals surface area (Å²) in [6.45, 7) is 2.18. The minimum atomic E-state index is -0.323. The summed E-state index contributed by atoms with van der Waals surface area (Å²) in [4.78, 5) is 12.7. The van der Waals surface area contributed by atoms with Crippen molar-refractivity contribution in [1.82, 2.24) is 5.16 Å². The van der Waals surface area contributed by atoms with Crippen molar-refractivity contribution in [3.05, 3.63) is 29.0 Å². The van der Waals surface area contributed by atoms with Gasteiger partial charge in [-0.15, -0.1) is 0 Å². The number of ether oxygens (including phenoxy) is 3. The van der Waals surface area contributed by atoms with Crippen LogP contribution < -0.4 is 19.5 Å². The molecule has 0 fully saturated rings. The summed E-state index contributed by atoms with van der Waals surface area (Å²) in [7, 11) is 4.53. The van der Waals surface area contributed by atoms with Gasteiger partial charge in [-0.05, 0) is 37.3 Å². The Morgan fingerprint density at radius 1 is 1.20 bits per heavy atom. The molecule has 0 spiro atoms. The minimum absolute atomic E-state index is 0.323. The van der Waals surface area contributed by atoms with Gasteiger partial charge in [-0.25, -0.2) is 0 Å². The molecule has 1 heterocycles. The molecule has 25 heavy (non-hydrogen) atoms. The molecular weight excluding hydrogens is 324 g/mol. The Bertz CT molecular complexity index is 759. The Balaban J connectivity index is 1.88. The fourth-order valence-corrected chi connectivity index (χ4v) is 3.07. The van der Waals surface area contributed by atoms with E-state index in [2.05, 4.69) is 17.4 Å². The molecule has 2 aromatic rings. The number of carbonyl (C=O) groups is 1. The molecule has 1 aromatic heterocycles. The van der Waals surface area contributed by atoms with E-state index in [0.717, 1.165) is 30.5 Å². The van der Waals surface area contributed by atoms with Crippen molar-refractivity contribution in [1.29, 1.82) is 0 Å².